The number of nitrogens with zero attached hydrogens (tertiary/aromatic N) is 2. The highest BCUT2D eigenvalue weighted by Gasteiger charge is 2.13. The van der Waals surface area contributed by atoms with Gasteiger partial charge in [0.15, 0.2) is 0 Å². The van der Waals surface area contributed by atoms with Crippen molar-refractivity contribution in [2.24, 2.45) is 7.05 Å². The molecule has 20 heavy (non-hydrogen) atoms. The van der Waals surface area contributed by atoms with Crippen LogP contribution in [0.5, 0.6) is 0 Å². The van der Waals surface area contributed by atoms with Crippen molar-refractivity contribution in [2.45, 2.75) is 12.5 Å². The highest BCUT2D eigenvalue weighted by Crippen LogP contribution is 2.21. The first-order chi connectivity index (χ1) is 9.78. The smallest absolute Gasteiger partial charge is 0.0553 e. The Hall–Kier alpha value is -2.13. The van der Waals surface area contributed by atoms with Crippen LogP contribution < -0.4 is 5.32 Å². The average molecular weight is 265 g/mol. The fourth-order valence-corrected chi connectivity index (χ4v) is 2.68. The van der Waals surface area contributed by atoms with Gasteiger partial charge < -0.3 is 5.32 Å². The first-order valence-electron chi connectivity index (χ1n) is 6.91. The van der Waals surface area contributed by atoms with Crippen molar-refractivity contribution in [3.8, 4) is 0 Å². The van der Waals surface area contributed by atoms with Gasteiger partial charge >= 0.3 is 0 Å². The Kier molecular flexibility index (Phi) is 3.52. The summed E-state index contributed by atoms with van der Waals surface area (Å²) in [6.45, 7) is 0. The van der Waals surface area contributed by atoms with Gasteiger partial charge in [-0.3, -0.25) is 4.68 Å². The molecule has 3 nitrogen and oxygen atoms in total. The molecule has 3 aromatic rings. The maximum Gasteiger partial charge on any atom is 0.0553 e. The summed E-state index contributed by atoms with van der Waals surface area (Å²) in [7, 11) is 3.98. The minimum Gasteiger partial charge on any atom is -0.311 e. The van der Waals surface area contributed by atoms with Crippen LogP contribution in [0.15, 0.2) is 54.7 Å². The van der Waals surface area contributed by atoms with E-state index in [0.29, 0.717) is 0 Å². The Bertz CT molecular complexity index is 715. The molecule has 2 aromatic carbocycles. The van der Waals surface area contributed by atoms with Crippen molar-refractivity contribution in [1.29, 1.82) is 0 Å². The molecule has 3 heteroatoms. The molecular formula is C17H19N3. The van der Waals surface area contributed by atoms with Crippen LogP contribution in [0.4, 0.5) is 0 Å². The van der Waals surface area contributed by atoms with Crippen molar-refractivity contribution in [3.63, 3.8) is 0 Å². The molecule has 102 valence electrons. The number of nitrogens with one attached hydrogen (secondary N) is 1. The van der Waals surface area contributed by atoms with E-state index in [9.17, 15) is 0 Å². The molecular weight excluding hydrogens is 246 g/mol. The summed E-state index contributed by atoms with van der Waals surface area (Å²) in [4.78, 5) is 0. The van der Waals surface area contributed by atoms with Gasteiger partial charge in [0.25, 0.3) is 0 Å². The normalized spacial score (nSPS) is 12.7. The van der Waals surface area contributed by atoms with Crippen LogP contribution in [-0.2, 0) is 13.5 Å². The molecule has 0 amide bonds. The summed E-state index contributed by atoms with van der Waals surface area (Å²) >= 11 is 0. The first-order valence-corrected chi connectivity index (χ1v) is 6.91. The van der Waals surface area contributed by atoms with Gasteiger partial charge in [0.1, 0.15) is 0 Å². The summed E-state index contributed by atoms with van der Waals surface area (Å²) in [5.41, 5.74) is 2.55. The van der Waals surface area contributed by atoms with Crippen molar-refractivity contribution in [3.05, 3.63) is 66.0 Å². The maximum atomic E-state index is 4.25. The van der Waals surface area contributed by atoms with Gasteiger partial charge in [0.2, 0.25) is 0 Å². The van der Waals surface area contributed by atoms with E-state index in [-0.39, 0.29) is 6.04 Å². The molecule has 0 aliphatic rings. The topological polar surface area (TPSA) is 29.9 Å². The number of aromatic nitrogens is 2. The second-order valence-electron chi connectivity index (χ2n) is 5.11. The van der Waals surface area contributed by atoms with E-state index < -0.39 is 0 Å². The van der Waals surface area contributed by atoms with E-state index in [0.717, 1.165) is 6.42 Å². The monoisotopic (exact) mass is 265 g/mol. The third-order valence-electron chi connectivity index (χ3n) is 3.82. The van der Waals surface area contributed by atoms with Crippen molar-refractivity contribution in [1.82, 2.24) is 15.1 Å². The van der Waals surface area contributed by atoms with E-state index in [1.807, 2.05) is 25.0 Å². The zero-order chi connectivity index (χ0) is 13.9. The van der Waals surface area contributed by atoms with Crippen molar-refractivity contribution < 1.29 is 0 Å². The maximum absolute atomic E-state index is 4.25. The molecule has 0 saturated heterocycles. The van der Waals surface area contributed by atoms with Crippen LogP contribution in [0.1, 0.15) is 17.3 Å². The van der Waals surface area contributed by atoms with Gasteiger partial charge in [-0.1, -0.05) is 42.5 Å². The molecule has 3 rings (SSSR count). The number of fused-ring (bicyclic) bond motifs is 1. The minimum absolute atomic E-state index is 0.281. The zero-order valence-corrected chi connectivity index (χ0v) is 11.9. The number of hydrogen-bond acceptors (Lipinski definition) is 2. The largest absolute Gasteiger partial charge is 0.311 e. The summed E-state index contributed by atoms with van der Waals surface area (Å²) in [6, 6.07) is 17.5. The molecule has 1 heterocycles. The molecule has 0 aliphatic carbocycles. The lowest BCUT2D eigenvalue weighted by Crippen LogP contribution is -2.21. The lowest BCUT2D eigenvalue weighted by molar-refractivity contribution is 0.537. The number of aryl methyl sites for hydroxylation is 1. The van der Waals surface area contributed by atoms with Crippen LogP contribution in [0.2, 0.25) is 0 Å². The third kappa shape index (κ3) is 2.45. The average Bonchev–Trinajstić information content (AvgIpc) is 2.91. The molecule has 1 unspecified atom stereocenters. The molecule has 0 bridgehead atoms. The Morgan fingerprint density at radius 1 is 1.10 bits per heavy atom. The predicted molar refractivity (Wildman–Crippen MR) is 82.7 cm³/mol. The molecule has 1 aromatic heterocycles. The van der Waals surface area contributed by atoms with Gasteiger partial charge in [-0.05, 0) is 35.9 Å². The van der Waals surface area contributed by atoms with Crippen molar-refractivity contribution in [2.75, 3.05) is 7.05 Å². The molecule has 0 aliphatic heterocycles. The standard InChI is InChI=1S/C17H19N3/c1-18-16(17-9-10-19-20(17)2)12-13-7-8-14-5-3-4-6-15(14)11-13/h3-11,16,18H,12H2,1-2H3. The highest BCUT2D eigenvalue weighted by atomic mass is 15.3. The van der Waals surface area contributed by atoms with E-state index >= 15 is 0 Å². The molecule has 0 radical (unpaired) electrons. The van der Waals surface area contributed by atoms with Crippen LogP contribution in [0.25, 0.3) is 10.8 Å². The highest BCUT2D eigenvalue weighted by molar-refractivity contribution is 5.83. The lowest BCUT2D eigenvalue weighted by Gasteiger charge is -2.17. The second-order valence-corrected chi connectivity index (χ2v) is 5.11. The summed E-state index contributed by atoms with van der Waals surface area (Å²) in [5, 5.41) is 10.2. The number of rotatable bonds is 4. The minimum atomic E-state index is 0.281. The second kappa shape index (κ2) is 5.47. The number of likely N-dealkylation sites (N-methyl/N-ethyl adjacent to an activating group) is 1. The molecule has 1 atom stereocenters. The van der Waals surface area contributed by atoms with E-state index in [2.05, 4.69) is 58.9 Å². The Labute approximate surface area is 119 Å². The summed E-state index contributed by atoms with van der Waals surface area (Å²) in [6.07, 6.45) is 2.81. The fraction of sp³-hybridized carbons (Fsp3) is 0.235. The van der Waals surface area contributed by atoms with Crippen molar-refractivity contribution >= 4 is 10.8 Å². The van der Waals surface area contributed by atoms with E-state index in [1.54, 1.807) is 0 Å². The molecule has 1 N–H and O–H groups in total. The Balaban J connectivity index is 1.89. The number of hydrogen-bond donors (Lipinski definition) is 1. The zero-order valence-electron chi connectivity index (χ0n) is 11.9. The van der Waals surface area contributed by atoms with Gasteiger partial charge in [-0.25, -0.2) is 0 Å². The van der Waals surface area contributed by atoms with Crippen LogP contribution in [0.3, 0.4) is 0 Å². The van der Waals surface area contributed by atoms with Crippen LogP contribution >= 0.6 is 0 Å². The molecule has 0 spiro atoms. The lowest BCUT2D eigenvalue weighted by atomic mass is 10.00. The third-order valence-corrected chi connectivity index (χ3v) is 3.82. The fourth-order valence-electron chi connectivity index (χ4n) is 2.68. The molecule has 0 saturated carbocycles. The van der Waals surface area contributed by atoms with Gasteiger partial charge in [0.05, 0.1) is 11.7 Å². The number of benzene rings is 2. The van der Waals surface area contributed by atoms with Gasteiger partial charge in [-0.2, -0.15) is 5.10 Å². The Morgan fingerprint density at radius 2 is 1.90 bits per heavy atom. The Morgan fingerprint density at radius 3 is 2.60 bits per heavy atom. The summed E-state index contributed by atoms with van der Waals surface area (Å²) in [5.74, 6) is 0. The first kappa shape index (κ1) is 12.9. The predicted octanol–water partition coefficient (Wildman–Crippen LogP) is 3.08. The van der Waals surface area contributed by atoms with Crippen LogP contribution in [0, 0.1) is 0 Å². The summed E-state index contributed by atoms with van der Waals surface area (Å²) < 4.78 is 1.93. The van der Waals surface area contributed by atoms with E-state index in [4.69, 9.17) is 0 Å². The SMILES string of the molecule is CNC(Cc1ccc2ccccc2c1)c1ccnn1C. The quantitative estimate of drug-likeness (QED) is 0.785. The van der Waals surface area contributed by atoms with E-state index in [1.165, 1.54) is 22.0 Å². The van der Waals surface area contributed by atoms with Crippen LogP contribution in [-0.4, -0.2) is 16.8 Å². The van der Waals surface area contributed by atoms with Gasteiger partial charge in [-0.15, -0.1) is 0 Å². The van der Waals surface area contributed by atoms with Gasteiger partial charge in [0, 0.05) is 13.2 Å². The molecule has 0 fully saturated rings.